The van der Waals surface area contributed by atoms with Crippen molar-refractivity contribution in [2.24, 2.45) is 4.99 Å². The molecule has 1 heterocycles. The number of hydrogen-bond donors (Lipinski definition) is 3. The number of benzene rings is 1. The highest BCUT2D eigenvalue weighted by Crippen LogP contribution is 2.19. The second-order valence-electron chi connectivity index (χ2n) is 4.56. The summed E-state index contributed by atoms with van der Waals surface area (Å²) in [7, 11) is 1.46. The molecular weight excluding hydrogens is 274 g/mol. The minimum absolute atomic E-state index is 0.0558. The third kappa shape index (κ3) is 3.26. The lowest BCUT2D eigenvalue weighted by Gasteiger charge is -2.17. The molecule has 2 amide bonds. The highest BCUT2D eigenvalue weighted by Gasteiger charge is 2.31. The monoisotopic (exact) mass is 289 g/mol. The van der Waals surface area contributed by atoms with Crippen LogP contribution in [-0.2, 0) is 9.59 Å². The van der Waals surface area contributed by atoms with Crippen LogP contribution in [-0.4, -0.2) is 46.0 Å². The molecule has 1 aromatic carbocycles. The van der Waals surface area contributed by atoms with Crippen molar-refractivity contribution in [1.82, 2.24) is 10.2 Å². The van der Waals surface area contributed by atoms with Crippen molar-refractivity contribution in [1.29, 1.82) is 0 Å². The first-order chi connectivity index (χ1) is 9.88. The Labute approximate surface area is 121 Å². The molecule has 7 heteroatoms. The number of amidine groups is 1. The van der Waals surface area contributed by atoms with Crippen LogP contribution in [0.2, 0.25) is 0 Å². The summed E-state index contributed by atoms with van der Waals surface area (Å²) in [6.45, 7) is 1.26. The molecule has 21 heavy (non-hydrogen) atoms. The number of carbonyl (C=O) groups excluding carboxylic acids is 2. The maximum atomic E-state index is 12.0. The molecule has 1 atom stereocenters. The van der Waals surface area contributed by atoms with Crippen LogP contribution in [0, 0.1) is 0 Å². The Balaban J connectivity index is 2.28. The smallest absolute Gasteiger partial charge is 0.277 e. The van der Waals surface area contributed by atoms with Gasteiger partial charge in [-0.1, -0.05) is 12.1 Å². The Kier molecular flexibility index (Phi) is 4.04. The molecule has 0 radical (unpaired) electrons. The molecule has 1 aliphatic heterocycles. The number of phenolic OH excluding ortho intramolecular Hbond substituents is 1. The molecular formula is C14H15N3O4. The number of phenols is 1. The van der Waals surface area contributed by atoms with E-state index in [1.165, 1.54) is 37.1 Å². The van der Waals surface area contributed by atoms with Crippen LogP contribution < -0.4 is 5.32 Å². The molecule has 110 valence electrons. The summed E-state index contributed by atoms with van der Waals surface area (Å²) in [6, 6.07) is 6.25. The number of carbonyl (C=O) groups is 2. The Hall–Kier alpha value is -2.67. The summed E-state index contributed by atoms with van der Waals surface area (Å²) in [5.41, 5.74) is 0.825. The van der Waals surface area contributed by atoms with E-state index in [1.54, 1.807) is 12.1 Å². The molecule has 0 spiro atoms. The number of aliphatic hydroxyl groups excluding tert-OH is 1. The lowest BCUT2D eigenvalue weighted by atomic mass is 10.2. The van der Waals surface area contributed by atoms with Gasteiger partial charge >= 0.3 is 0 Å². The van der Waals surface area contributed by atoms with Gasteiger partial charge in [0, 0.05) is 14.0 Å². The lowest BCUT2D eigenvalue weighted by molar-refractivity contribution is -0.123. The Morgan fingerprint density at radius 2 is 2.00 bits per heavy atom. The van der Waals surface area contributed by atoms with Gasteiger partial charge in [-0.2, -0.15) is 0 Å². The third-order valence-electron chi connectivity index (χ3n) is 2.88. The zero-order valence-corrected chi connectivity index (χ0v) is 11.6. The van der Waals surface area contributed by atoms with E-state index in [9.17, 15) is 19.8 Å². The number of nitrogens with one attached hydrogen (secondary N) is 1. The molecule has 0 fully saturated rings. The van der Waals surface area contributed by atoms with E-state index in [2.05, 4.69) is 10.3 Å². The van der Waals surface area contributed by atoms with Crippen molar-refractivity contribution in [3.05, 3.63) is 35.5 Å². The van der Waals surface area contributed by atoms with E-state index in [4.69, 9.17) is 0 Å². The predicted molar refractivity (Wildman–Crippen MR) is 76.1 cm³/mol. The largest absolute Gasteiger partial charge is 0.508 e. The van der Waals surface area contributed by atoms with Crippen LogP contribution in [0.1, 0.15) is 12.5 Å². The van der Waals surface area contributed by atoms with Crippen molar-refractivity contribution in [2.75, 3.05) is 7.05 Å². The Morgan fingerprint density at radius 3 is 2.57 bits per heavy atom. The number of aliphatic hydroxyl groups is 1. The summed E-state index contributed by atoms with van der Waals surface area (Å²) in [5, 5.41) is 21.3. The fraction of sp³-hybridized carbons (Fsp3) is 0.214. The molecule has 0 aliphatic carbocycles. The van der Waals surface area contributed by atoms with Gasteiger partial charge in [-0.05, 0) is 23.8 Å². The maximum Gasteiger partial charge on any atom is 0.277 e. The minimum atomic E-state index is -1.35. The number of aliphatic imine (C=N–C) groups is 1. The van der Waals surface area contributed by atoms with Crippen molar-refractivity contribution < 1.29 is 19.8 Å². The zero-order valence-electron chi connectivity index (χ0n) is 11.6. The zero-order chi connectivity index (χ0) is 15.6. The number of aromatic hydroxyl groups is 1. The van der Waals surface area contributed by atoms with Gasteiger partial charge in [-0.25, -0.2) is 4.99 Å². The highest BCUT2D eigenvalue weighted by molar-refractivity contribution is 6.15. The van der Waals surface area contributed by atoms with Gasteiger partial charge in [0.25, 0.3) is 5.91 Å². The fourth-order valence-electron chi connectivity index (χ4n) is 1.85. The quantitative estimate of drug-likeness (QED) is 0.541. The predicted octanol–water partition coefficient (Wildman–Crippen LogP) is 0.0581. The van der Waals surface area contributed by atoms with Crippen molar-refractivity contribution in [2.45, 2.75) is 13.2 Å². The number of rotatable bonds is 3. The molecule has 2 rings (SSSR count). The normalized spacial score (nSPS) is 17.9. The van der Waals surface area contributed by atoms with Gasteiger partial charge in [0.1, 0.15) is 11.4 Å². The van der Waals surface area contributed by atoms with E-state index >= 15 is 0 Å². The van der Waals surface area contributed by atoms with Gasteiger partial charge in [0.2, 0.25) is 5.91 Å². The van der Waals surface area contributed by atoms with Crippen LogP contribution in [0.3, 0.4) is 0 Å². The van der Waals surface area contributed by atoms with E-state index in [1.807, 2.05) is 0 Å². The second-order valence-corrected chi connectivity index (χ2v) is 4.56. The standard InChI is InChI=1S/C14H15N3O4/c1-8(18)15-13(20)12-16-11(14(21)17(12)2)7-9-3-5-10(19)6-4-9/h3-7,13,19-20H,1-2H3,(H,15,18)/b11-7-. The van der Waals surface area contributed by atoms with Crippen molar-refractivity contribution in [3.8, 4) is 5.75 Å². The number of amides is 2. The van der Waals surface area contributed by atoms with E-state index < -0.39 is 12.1 Å². The summed E-state index contributed by atoms with van der Waals surface area (Å²) >= 11 is 0. The number of likely N-dealkylation sites (N-methyl/N-ethyl adjacent to an activating group) is 1. The van der Waals surface area contributed by atoms with Crippen LogP contribution in [0.15, 0.2) is 35.0 Å². The average molecular weight is 289 g/mol. The Morgan fingerprint density at radius 1 is 1.38 bits per heavy atom. The molecule has 1 unspecified atom stereocenters. The van der Waals surface area contributed by atoms with E-state index in [0.29, 0.717) is 5.56 Å². The van der Waals surface area contributed by atoms with Gasteiger partial charge in [0.05, 0.1) is 0 Å². The van der Waals surface area contributed by atoms with Crippen molar-refractivity contribution >= 4 is 23.7 Å². The topological polar surface area (TPSA) is 102 Å². The van der Waals surface area contributed by atoms with Gasteiger partial charge < -0.3 is 15.5 Å². The highest BCUT2D eigenvalue weighted by atomic mass is 16.3. The number of nitrogens with zero attached hydrogens (tertiary/aromatic N) is 2. The van der Waals surface area contributed by atoms with E-state index in [0.717, 1.165) is 0 Å². The van der Waals surface area contributed by atoms with Crippen LogP contribution in [0.25, 0.3) is 6.08 Å². The number of hydrogen-bond acceptors (Lipinski definition) is 5. The molecule has 0 bridgehead atoms. The first kappa shape index (κ1) is 14.7. The Bertz CT molecular complexity index is 634. The van der Waals surface area contributed by atoms with Gasteiger partial charge in [0.15, 0.2) is 12.1 Å². The minimum Gasteiger partial charge on any atom is -0.508 e. The summed E-state index contributed by atoms with van der Waals surface area (Å²) in [4.78, 5) is 28.2. The molecule has 1 aliphatic rings. The summed E-state index contributed by atoms with van der Waals surface area (Å²) in [6.07, 6.45) is 0.188. The lowest BCUT2D eigenvalue weighted by Crippen LogP contribution is -2.45. The van der Waals surface area contributed by atoms with Crippen molar-refractivity contribution in [3.63, 3.8) is 0 Å². The third-order valence-corrected chi connectivity index (χ3v) is 2.88. The molecule has 0 saturated heterocycles. The maximum absolute atomic E-state index is 12.0. The van der Waals surface area contributed by atoms with Crippen LogP contribution >= 0.6 is 0 Å². The average Bonchev–Trinajstić information content (AvgIpc) is 2.69. The fourth-order valence-corrected chi connectivity index (χ4v) is 1.85. The van der Waals surface area contributed by atoms with E-state index in [-0.39, 0.29) is 23.2 Å². The molecule has 0 saturated carbocycles. The summed E-state index contributed by atoms with van der Waals surface area (Å²) in [5.74, 6) is -0.637. The molecule has 0 aromatic heterocycles. The van der Waals surface area contributed by atoms with Gasteiger partial charge in [-0.15, -0.1) is 0 Å². The first-order valence-corrected chi connectivity index (χ1v) is 6.21. The second kappa shape index (κ2) is 5.76. The van der Waals surface area contributed by atoms with Gasteiger partial charge in [-0.3, -0.25) is 14.5 Å². The SMILES string of the molecule is CC(=O)NC(O)C1=N/C(=C\c2ccc(O)cc2)C(=O)N1C. The van der Waals surface area contributed by atoms with Crippen LogP contribution in [0.4, 0.5) is 0 Å². The first-order valence-electron chi connectivity index (χ1n) is 6.21. The molecule has 7 nitrogen and oxygen atoms in total. The summed E-state index contributed by atoms with van der Waals surface area (Å²) < 4.78 is 0. The molecule has 1 aromatic rings. The van der Waals surface area contributed by atoms with Crippen LogP contribution in [0.5, 0.6) is 5.75 Å². The molecule has 3 N–H and O–H groups in total.